The van der Waals surface area contributed by atoms with E-state index in [1.807, 2.05) is 10.9 Å². The third-order valence-corrected chi connectivity index (χ3v) is 3.58. The standard InChI is InChI=1S/C16H26N4/c1-4-7-16(17-5-2)15-8-9-19(13-15)11-14-10-18-20(6-3)12-14/h8-10,12-13,16-17H,4-7,11H2,1-3H3. The lowest BCUT2D eigenvalue weighted by Gasteiger charge is -2.15. The molecule has 1 atom stereocenters. The minimum atomic E-state index is 0.476. The number of aryl methyl sites for hydroxylation is 1. The van der Waals surface area contributed by atoms with Gasteiger partial charge in [0.05, 0.1) is 12.7 Å². The molecule has 4 nitrogen and oxygen atoms in total. The van der Waals surface area contributed by atoms with Gasteiger partial charge in [-0.1, -0.05) is 20.3 Å². The maximum absolute atomic E-state index is 4.32. The zero-order valence-corrected chi connectivity index (χ0v) is 12.8. The summed E-state index contributed by atoms with van der Waals surface area (Å²) in [6.07, 6.45) is 10.9. The molecule has 0 radical (unpaired) electrons. The number of aromatic nitrogens is 3. The highest BCUT2D eigenvalue weighted by atomic mass is 15.3. The SMILES string of the molecule is CCCC(NCC)c1ccn(Cc2cnn(CC)c2)c1. The van der Waals surface area contributed by atoms with Crippen molar-refractivity contribution in [2.75, 3.05) is 6.54 Å². The number of nitrogens with zero attached hydrogens (tertiary/aromatic N) is 3. The Morgan fingerprint density at radius 1 is 1.25 bits per heavy atom. The first-order valence-corrected chi connectivity index (χ1v) is 7.67. The van der Waals surface area contributed by atoms with Crippen LogP contribution in [0.25, 0.3) is 0 Å². The van der Waals surface area contributed by atoms with Crippen molar-refractivity contribution in [3.05, 3.63) is 42.0 Å². The highest BCUT2D eigenvalue weighted by Gasteiger charge is 2.10. The van der Waals surface area contributed by atoms with Crippen LogP contribution in [0.3, 0.4) is 0 Å². The largest absolute Gasteiger partial charge is 0.349 e. The van der Waals surface area contributed by atoms with E-state index < -0.39 is 0 Å². The first kappa shape index (κ1) is 14.9. The van der Waals surface area contributed by atoms with E-state index in [1.165, 1.54) is 24.0 Å². The van der Waals surface area contributed by atoms with E-state index in [2.05, 4.69) is 60.4 Å². The maximum Gasteiger partial charge on any atom is 0.0539 e. The van der Waals surface area contributed by atoms with Gasteiger partial charge in [-0.05, 0) is 31.5 Å². The first-order chi connectivity index (χ1) is 9.76. The Morgan fingerprint density at radius 2 is 2.10 bits per heavy atom. The molecule has 0 amide bonds. The lowest BCUT2D eigenvalue weighted by molar-refractivity contribution is 0.508. The molecule has 0 aliphatic rings. The van der Waals surface area contributed by atoms with Gasteiger partial charge in [0.1, 0.15) is 0 Å². The van der Waals surface area contributed by atoms with Crippen molar-refractivity contribution >= 4 is 0 Å². The van der Waals surface area contributed by atoms with Crippen LogP contribution in [0.4, 0.5) is 0 Å². The second-order valence-electron chi connectivity index (χ2n) is 5.22. The van der Waals surface area contributed by atoms with Crippen LogP contribution < -0.4 is 5.32 Å². The Labute approximate surface area is 121 Å². The fraction of sp³-hybridized carbons (Fsp3) is 0.562. The fourth-order valence-electron chi connectivity index (χ4n) is 2.56. The lowest BCUT2D eigenvalue weighted by atomic mass is 10.1. The van der Waals surface area contributed by atoms with Crippen LogP contribution in [0.2, 0.25) is 0 Å². The Balaban J connectivity index is 2.03. The molecule has 2 aromatic rings. The summed E-state index contributed by atoms with van der Waals surface area (Å²) in [7, 11) is 0. The number of hydrogen-bond donors (Lipinski definition) is 1. The molecule has 1 unspecified atom stereocenters. The molecule has 20 heavy (non-hydrogen) atoms. The van der Waals surface area contributed by atoms with Gasteiger partial charge in [-0.2, -0.15) is 5.10 Å². The van der Waals surface area contributed by atoms with E-state index in [-0.39, 0.29) is 0 Å². The molecule has 0 saturated heterocycles. The van der Waals surface area contributed by atoms with E-state index in [0.717, 1.165) is 19.6 Å². The number of rotatable bonds is 8. The van der Waals surface area contributed by atoms with Crippen LogP contribution in [0.1, 0.15) is 50.8 Å². The smallest absolute Gasteiger partial charge is 0.0539 e. The molecule has 0 spiro atoms. The molecule has 0 aromatic carbocycles. The molecular weight excluding hydrogens is 248 g/mol. The summed E-state index contributed by atoms with van der Waals surface area (Å²) in [6, 6.07) is 2.71. The fourth-order valence-corrected chi connectivity index (χ4v) is 2.56. The second kappa shape index (κ2) is 7.29. The Hall–Kier alpha value is -1.55. The van der Waals surface area contributed by atoms with Gasteiger partial charge in [0.2, 0.25) is 0 Å². The highest BCUT2D eigenvalue weighted by Crippen LogP contribution is 2.19. The van der Waals surface area contributed by atoms with Crippen LogP contribution in [0.5, 0.6) is 0 Å². The quantitative estimate of drug-likeness (QED) is 0.802. The molecule has 1 N–H and O–H groups in total. The number of hydrogen-bond acceptors (Lipinski definition) is 2. The van der Waals surface area contributed by atoms with Crippen LogP contribution >= 0.6 is 0 Å². The van der Waals surface area contributed by atoms with Gasteiger partial charge in [0, 0.05) is 36.7 Å². The summed E-state index contributed by atoms with van der Waals surface area (Å²) in [5.41, 5.74) is 2.64. The minimum Gasteiger partial charge on any atom is -0.349 e. The van der Waals surface area contributed by atoms with Gasteiger partial charge in [0.15, 0.2) is 0 Å². The molecule has 2 aromatic heterocycles. The molecular formula is C16H26N4. The van der Waals surface area contributed by atoms with E-state index in [4.69, 9.17) is 0 Å². The second-order valence-corrected chi connectivity index (χ2v) is 5.22. The summed E-state index contributed by atoms with van der Waals surface area (Å²) in [5, 5.41) is 7.88. The van der Waals surface area contributed by atoms with Crippen molar-refractivity contribution in [2.24, 2.45) is 0 Å². The average Bonchev–Trinajstić information content (AvgIpc) is 3.08. The summed E-state index contributed by atoms with van der Waals surface area (Å²) < 4.78 is 4.21. The van der Waals surface area contributed by atoms with Gasteiger partial charge >= 0.3 is 0 Å². The molecule has 0 bridgehead atoms. The van der Waals surface area contributed by atoms with Crippen molar-refractivity contribution in [1.82, 2.24) is 19.7 Å². The van der Waals surface area contributed by atoms with Gasteiger partial charge in [-0.3, -0.25) is 4.68 Å². The average molecular weight is 274 g/mol. The van der Waals surface area contributed by atoms with Gasteiger partial charge < -0.3 is 9.88 Å². The number of nitrogens with one attached hydrogen (secondary N) is 1. The van der Waals surface area contributed by atoms with Gasteiger partial charge in [-0.15, -0.1) is 0 Å². The predicted molar refractivity (Wildman–Crippen MR) is 82.8 cm³/mol. The van der Waals surface area contributed by atoms with Crippen molar-refractivity contribution < 1.29 is 0 Å². The monoisotopic (exact) mass is 274 g/mol. The zero-order chi connectivity index (χ0) is 14.4. The third kappa shape index (κ3) is 3.73. The third-order valence-electron chi connectivity index (χ3n) is 3.58. The summed E-state index contributed by atoms with van der Waals surface area (Å²) in [4.78, 5) is 0. The lowest BCUT2D eigenvalue weighted by Crippen LogP contribution is -2.20. The topological polar surface area (TPSA) is 34.8 Å². The van der Waals surface area contributed by atoms with E-state index in [1.54, 1.807) is 0 Å². The summed E-state index contributed by atoms with van der Waals surface area (Å²) in [5.74, 6) is 0. The minimum absolute atomic E-state index is 0.476. The predicted octanol–water partition coefficient (Wildman–Crippen LogP) is 3.20. The molecule has 2 rings (SSSR count). The summed E-state index contributed by atoms with van der Waals surface area (Å²) >= 11 is 0. The van der Waals surface area contributed by atoms with E-state index >= 15 is 0 Å². The van der Waals surface area contributed by atoms with E-state index in [9.17, 15) is 0 Å². The van der Waals surface area contributed by atoms with Crippen molar-refractivity contribution in [3.63, 3.8) is 0 Å². The van der Waals surface area contributed by atoms with Crippen molar-refractivity contribution in [3.8, 4) is 0 Å². The first-order valence-electron chi connectivity index (χ1n) is 7.67. The molecule has 110 valence electrons. The van der Waals surface area contributed by atoms with Crippen molar-refractivity contribution in [2.45, 2.75) is 52.7 Å². The zero-order valence-electron chi connectivity index (χ0n) is 12.8. The molecule has 0 aliphatic carbocycles. The Morgan fingerprint density at radius 3 is 2.75 bits per heavy atom. The van der Waals surface area contributed by atoms with Gasteiger partial charge in [-0.25, -0.2) is 0 Å². The normalized spacial score (nSPS) is 12.8. The molecule has 4 heteroatoms. The molecule has 2 heterocycles. The van der Waals surface area contributed by atoms with Crippen LogP contribution in [-0.4, -0.2) is 20.9 Å². The Bertz CT molecular complexity index is 506. The van der Waals surface area contributed by atoms with Crippen LogP contribution in [-0.2, 0) is 13.1 Å². The Kier molecular flexibility index (Phi) is 5.41. The maximum atomic E-state index is 4.32. The van der Waals surface area contributed by atoms with Crippen LogP contribution in [0.15, 0.2) is 30.9 Å². The molecule has 0 saturated carbocycles. The van der Waals surface area contributed by atoms with Crippen LogP contribution in [0, 0.1) is 0 Å². The van der Waals surface area contributed by atoms with E-state index in [0.29, 0.717) is 6.04 Å². The highest BCUT2D eigenvalue weighted by molar-refractivity contribution is 5.17. The van der Waals surface area contributed by atoms with Crippen molar-refractivity contribution in [1.29, 1.82) is 0 Å². The molecule has 0 aliphatic heterocycles. The summed E-state index contributed by atoms with van der Waals surface area (Å²) in [6.45, 7) is 9.34. The van der Waals surface area contributed by atoms with Gasteiger partial charge in [0.25, 0.3) is 0 Å². The molecule has 0 fully saturated rings.